The van der Waals surface area contributed by atoms with Gasteiger partial charge in [0.1, 0.15) is 0 Å². The van der Waals surface area contributed by atoms with Crippen LogP contribution in [0.3, 0.4) is 0 Å². The number of anilines is 1. The van der Waals surface area contributed by atoms with Gasteiger partial charge in [-0.2, -0.15) is 13.2 Å². The second-order valence-electron chi connectivity index (χ2n) is 11.2. The Kier molecular flexibility index (Phi) is 10.9. The normalized spacial score (nSPS) is 11.4. The number of ether oxygens (including phenoxy) is 1. The van der Waals surface area contributed by atoms with Crippen molar-refractivity contribution in [1.82, 2.24) is 4.90 Å². The van der Waals surface area contributed by atoms with Crippen molar-refractivity contribution in [2.75, 3.05) is 26.0 Å². The summed E-state index contributed by atoms with van der Waals surface area (Å²) in [6.07, 6.45) is -5.43. The first-order valence-electron chi connectivity index (χ1n) is 14.8. The summed E-state index contributed by atoms with van der Waals surface area (Å²) in [5.41, 5.74) is -1.89. The van der Waals surface area contributed by atoms with Crippen molar-refractivity contribution in [3.63, 3.8) is 0 Å². The van der Waals surface area contributed by atoms with Crippen LogP contribution in [0.1, 0.15) is 43.8 Å². The van der Waals surface area contributed by atoms with E-state index in [1.165, 1.54) is 79.7 Å². The maximum absolute atomic E-state index is 13.5. The van der Waals surface area contributed by atoms with E-state index in [2.05, 4.69) is 5.32 Å². The molecule has 4 rings (SSSR count). The quantitative estimate of drug-likeness (QED) is 0.124. The van der Waals surface area contributed by atoms with Gasteiger partial charge >= 0.3 is 24.1 Å². The highest BCUT2D eigenvalue weighted by molar-refractivity contribution is 6.12. The summed E-state index contributed by atoms with van der Waals surface area (Å²) in [6, 6.07) is 22.2. The van der Waals surface area contributed by atoms with Crippen LogP contribution >= 0.6 is 0 Å². The van der Waals surface area contributed by atoms with Gasteiger partial charge in [0, 0.05) is 26.1 Å². The first-order valence-corrected chi connectivity index (χ1v) is 14.8. The van der Waals surface area contributed by atoms with E-state index in [9.17, 15) is 47.4 Å². The molecule has 10 nitrogen and oxygen atoms in total. The molecule has 0 unspecified atom stereocenters. The predicted octanol–water partition coefficient (Wildman–Crippen LogP) is 5.91. The lowest BCUT2D eigenvalue weighted by Crippen LogP contribution is -2.45. The monoisotopic (exact) mass is 676 g/mol. The number of alkyl halides is 3. The molecule has 0 atom stereocenters. The van der Waals surface area contributed by atoms with E-state index in [0.717, 1.165) is 12.1 Å². The zero-order chi connectivity index (χ0) is 35.9. The third kappa shape index (κ3) is 8.12. The first kappa shape index (κ1) is 35.9. The molecule has 13 heteroatoms. The van der Waals surface area contributed by atoms with Crippen molar-refractivity contribution in [1.29, 1.82) is 0 Å². The largest absolute Gasteiger partial charge is 0.480 e. The van der Waals surface area contributed by atoms with Crippen LogP contribution in [-0.4, -0.2) is 65.5 Å². The Morgan fingerprint density at radius 3 is 1.96 bits per heavy atom. The summed E-state index contributed by atoms with van der Waals surface area (Å²) in [7, 11) is 2.97. The van der Waals surface area contributed by atoms with E-state index in [1.54, 1.807) is 24.3 Å². The molecule has 0 spiro atoms. The van der Waals surface area contributed by atoms with E-state index in [0.29, 0.717) is 16.7 Å². The number of carboxylic acid groups (broad SMARTS) is 2. The highest BCUT2D eigenvalue weighted by Crippen LogP contribution is 2.33. The fourth-order valence-corrected chi connectivity index (χ4v) is 5.14. The predicted molar refractivity (Wildman–Crippen MR) is 172 cm³/mol. The van der Waals surface area contributed by atoms with Crippen molar-refractivity contribution < 1.29 is 52.1 Å². The molecule has 4 aromatic rings. The zero-order valence-corrected chi connectivity index (χ0v) is 26.3. The Morgan fingerprint density at radius 2 is 1.37 bits per heavy atom. The molecule has 0 saturated carbocycles. The average molecular weight is 677 g/mol. The number of aliphatic carboxylic acids is 2. The molecule has 0 radical (unpaired) electrons. The topological polar surface area (TPSA) is 150 Å². The lowest BCUT2D eigenvalue weighted by Gasteiger charge is -2.25. The summed E-state index contributed by atoms with van der Waals surface area (Å²) in [5.74, 6) is -5.21. The lowest BCUT2D eigenvalue weighted by atomic mass is 9.78. The van der Waals surface area contributed by atoms with E-state index in [-0.39, 0.29) is 28.8 Å². The molecule has 3 N–H and O–H groups in total. The highest BCUT2D eigenvalue weighted by atomic mass is 19.4. The van der Waals surface area contributed by atoms with Gasteiger partial charge in [-0.15, -0.1) is 0 Å². The van der Waals surface area contributed by atoms with Gasteiger partial charge in [-0.3, -0.25) is 24.0 Å². The van der Waals surface area contributed by atoms with Gasteiger partial charge in [-0.05, 0) is 52.6 Å². The van der Waals surface area contributed by atoms with Crippen LogP contribution in [-0.2, 0) is 37.1 Å². The van der Waals surface area contributed by atoms with Gasteiger partial charge in [-0.25, -0.2) is 0 Å². The fourth-order valence-electron chi connectivity index (χ4n) is 5.14. The molecule has 2 amide bonds. The van der Waals surface area contributed by atoms with Crippen molar-refractivity contribution in [2.24, 2.45) is 0 Å². The summed E-state index contributed by atoms with van der Waals surface area (Å²) in [5, 5.41) is 22.3. The molecule has 0 aliphatic carbocycles. The standard InChI is InChI=1S/C36H31F3N2O8/c1-41(2)32(44)28-20-22(21-30(42)49-19-18-35(33(45)46,34(47)48)24-8-4-3-5-9-24)12-17-29(28)40-31(43)27-11-7-6-10-26(27)23-13-15-25(16-14-23)36(37,38)39/h3-17,20H,18-19,21H2,1-2H3,(H,40,43)(H,45,46)(H,47,48). The van der Waals surface area contributed by atoms with Gasteiger partial charge < -0.3 is 25.2 Å². The first-order chi connectivity index (χ1) is 23.1. The second-order valence-corrected chi connectivity index (χ2v) is 11.2. The summed E-state index contributed by atoms with van der Waals surface area (Å²) < 4.78 is 44.4. The molecule has 0 aliphatic heterocycles. The number of benzene rings is 4. The van der Waals surface area contributed by atoms with Gasteiger partial charge in [0.2, 0.25) is 0 Å². The molecule has 254 valence electrons. The zero-order valence-electron chi connectivity index (χ0n) is 26.3. The minimum absolute atomic E-state index is 0.0116. The number of nitrogens with one attached hydrogen (secondary N) is 1. The number of hydrogen-bond acceptors (Lipinski definition) is 6. The van der Waals surface area contributed by atoms with Crippen molar-refractivity contribution in [3.8, 4) is 11.1 Å². The number of nitrogens with zero attached hydrogens (tertiary/aromatic N) is 1. The SMILES string of the molecule is CN(C)C(=O)c1cc(CC(=O)OCCC(C(=O)O)(C(=O)O)c2ccccc2)ccc1NC(=O)c1ccccc1-c1ccc(C(F)(F)F)cc1. The van der Waals surface area contributed by atoms with Crippen LogP contribution in [0.2, 0.25) is 0 Å². The molecule has 0 fully saturated rings. The molecule has 4 aromatic carbocycles. The summed E-state index contributed by atoms with van der Waals surface area (Å²) in [4.78, 5) is 64.8. The van der Waals surface area contributed by atoms with Crippen molar-refractivity contribution >= 4 is 35.4 Å². The van der Waals surface area contributed by atoms with Gasteiger partial charge in [0.15, 0.2) is 5.41 Å². The smallest absolute Gasteiger partial charge is 0.416 e. The number of amides is 2. The van der Waals surface area contributed by atoms with Crippen LogP contribution in [0.4, 0.5) is 18.9 Å². The molecule has 49 heavy (non-hydrogen) atoms. The van der Waals surface area contributed by atoms with Crippen molar-refractivity contribution in [3.05, 3.63) is 125 Å². The fraction of sp³-hybridized carbons (Fsp3) is 0.194. The minimum Gasteiger partial charge on any atom is -0.480 e. The molecule has 0 heterocycles. The maximum Gasteiger partial charge on any atom is 0.416 e. The Bertz CT molecular complexity index is 1860. The number of carbonyl (C=O) groups is 5. The molecule has 0 bridgehead atoms. The van der Waals surface area contributed by atoms with Gasteiger partial charge in [0.25, 0.3) is 11.8 Å². The maximum atomic E-state index is 13.5. The molecule has 0 aliphatic rings. The summed E-state index contributed by atoms with van der Waals surface area (Å²) in [6.45, 7) is -0.526. The van der Waals surface area contributed by atoms with Crippen molar-refractivity contribution in [2.45, 2.75) is 24.4 Å². The number of halogens is 3. The number of hydrogen-bond donors (Lipinski definition) is 3. The van der Waals surface area contributed by atoms with Gasteiger partial charge in [0.05, 0.1) is 29.8 Å². The van der Waals surface area contributed by atoms with Crippen LogP contribution in [0.5, 0.6) is 0 Å². The number of esters is 1. The number of carboxylic acids is 2. The molecule has 0 saturated heterocycles. The summed E-state index contributed by atoms with van der Waals surface area (Å²) >= 11 is 0. The average Bonchev–Trinajstić information content (AvgIpc) is 3.06. The van der Waals surface area contributed by atoms with Crippen LogP contribution in [0, 0.1) is 0 Å². The second kappa shape index (κ2) is 14.8. The van der Waals surface area contributed by atoms with Crippen LogP contribution in [0.15, 0.2) is 97.1 Å². The lowest BCUT2D eigenvalue weighted by molar-refractivity contribution is -0.160. The highest BCUT2D eigenvalue weighted by Gasteiger charge is 2.48. The van der Waals surface area contributed by atoms with E-state index < -0.39 is 59.9 Å². The number of carbonyl (C=O) groups excluding carboxylic acids is 3. The number of rotatable bonds is 12. The third-order valence-electron chi connectivity index (χ3n) is 7.75. The van der Waals surface area contributed by atoms with Crippen LogP contribution < -0.4 is 5.32 Å². The molecular weight excluding hydrogens is 645 g/mol. The Balaban J connectivity index is 1.52. The third-order valence-corrected chi connectivity index (χ3v) is 7.75. The Hall–Kier alpha value is -5.98. The Labute approximate surface area is 278 Å². The van der Waals surface area contributed by atoms with E-state index in [4.69, 9.17) is 4.74 Å². The van der Waals surface area contributed by atoms with E-state index in [1.807, 2.05) is 0 Å². The minimum atomic E-state index is -4.53. The molecular formula is C36H31F3N2O8. The Morgan fingerprint density at radius 1 is 0.755 bits per heavy atom. The van der Waals surface area contributed by atoms with Gasteiger partial charge in [-0.1, -0.05) is 66.7 Å². The molecule has 0 aromatic heterocycles. The van der Waals surface area contributed by atoms with Crippen LogP contribution in [0.25, 0.3) is 11.1 Å². The van der Waals surface area contributed by atoms with E-state index >= 15 is 0 Å².